The molecule has 2 fully saturated rings. The Hall–Kier alpha value is -2.96. The van der Waals surface area contributed by atoms with Gasteiger partial charge in [0.25, 0.3) is 5.91 Å². The number of hydrogen-bond acceptors (Lipinski definition) is 4. The summed E-state index contributed by atoms with van der Waals surface area (Å²) in [7, 11) is 0. The van der Waals surface area contributed by atoms with Crippen molar-refractivity contribution in [2.75, 3.05) is 39.4 Å². The third kappa shape index (κ3) is 5.97. The fourth-order valence-electron chi connectivity index (χ4n) is 5.76. The number of pyridine rings is 1. The summed E-state index contributed by atoms with van der Waals surface area (Å²) >= 11 is 0. The Morgan fingerprint density at radius 1 is 0.973 bits per heavy atom. The smallest absolute Gasteiger partial charge is 0.255 e. The number of piperidine rings is 1. The highest BCUT2D eigenvalue weighted by atomic mass is 16.5. The molecule has 0 N–H and O–H groups in total. The van der Waals surface area contributed by atoms with Gasteiger partial charge in [0.05, 0.1) is 31.0 Å². The van der Waals surface area contributed by atoms with Gasteiger partial charge >= 0.3 is 0 Å². The van der Waals surface area contributed by atoms with Gasteiger partial charge in [-0.05, 0) is 36.6 Å². The fourth-order valence-corrected chi connectivity index (χ4v) is 5.76. The molecule has 1 amide bonds. The van der Waals surface area contributed by atoms with Crippen LogP contribution in [0.5, 0.6) is 0 Å². The van der Waals surface area contributed by atoms with Crippen molar-refractivity contribution in [2.24, 2.45) is 0 Å². The molecular formula is C31H40N4O2. The van der Waals surface area contributed by atoms with Gasteiger partial charge in [-0.2, -0.15) is 0 Å². The van der Waals surface area contributed by atoms with E-state index in [4.69, 9.17) is 4.74 Å². The number of morpholine rings is 1. The number of hydrogen-bond donors (Lipinski definition) is 0. The first kappa shape index (κ1) is 25.7. The van der Waals surface area contributed by atoms with E-state index in [2.05, 4.69) is 76.5 Å². The molecule has 0 unspecified atom stereocenters. The Morgan fingerprint density at radius 2 is 1.68 bits per heavy atom. The molecule has 6 nitrogen and oxygen atoms in total. The first-order valence-electron chi connectivity index (χ1n) is 13.7. The van der Waals surface area contributed by atoms with Gasteiger partial charge in [0.1, 0.15) is 0 Å². The van der Waals surface area contributed by atoms with Crippen LogP contribution in [-0.2, 0) is 23.1 Å². The molecule has 0 bridgehead atoms. The van der Waals surface area contributed by atoms with Gasteiger partial charge in [-0.3, -0.25) is 14.7 Å². The lowest BCUT2D eigenvalue weighted by atomic mass is 9.91. The van der Waals surface area contributed by atoms with E-state index in [1.807, 2.05) is 24.4 Å². The molecule has 196 valence electrons. The summed E-state index contributed by atoms with van der Waals surface area (Å²) in [6.45, 7) is 12.6. The summed E-state index contributed by atoms with van der Waals surface area (Å²) in [6, 6.07) is 19.3. The van der Waals surface area contributed by atoms with Crippen LogP contribution in [0.25, 0.3) is 0 Å². The lowest BCUT2D eigenvalue weighted by molar-refractivity contribution is 0.00158. The predicted octanol–water partition coefficient (Wildman–Crippen LogP) is 4.76. The van der Waals surface area contributed by atoms with Crippen molar-refractivity contribution in [3.8, 4) is 0 Å². The summed E-state index contributed by atoms with van der Waals surface area (Å²) in [5.74, 6) is 0.164. The minimum Gasteiger partial charge on any atom is -0.379 e. The lowest BCUT2D eigenvalue weighted by Gasteiger charge is -2.40. The van der Waals surface area contributed by atoms with Crippen LogP contribution in [0.3, 0.4) is 0 Å². The average molecular weight is 501 g/mol. The van der Waals surface area contributed by atoms with E-state index in [0.29, 0.717) is 12.6 Å². The Balaban J connectivity index is 1.46. The highest BCUT2D eigenvalue weighted by molar-refractivity contribution is 5.96. The highest BCUT2D eigenvalue weighted by Gasteiger charge is 2.32. The normalized spacial score (nSPS) is 17.8. The summed E-state index contributed by atoms with van der Waals surface area (Å²) in [5, 5.41) is 0. The fraction of sp³-hybridized carbons (Fsp3) is 0.484. The van der Waals surface area contributed by atoms with E-state index in [9.17, 15) is 4.79 Å². The van der Waals surface area contributed by atoms with E-state index in [1.165, 1.54) is 11.3 Å². The predicted molar refractivity (Wildman–Crippen MR) is 147 cm³/mol. The molecule has 0 saturated carbocycles. The van der Waals surface area contributed by atoms with Crippen molar-refractivity contribution in [2.45, 2.75) is 58.0 Å². The second-order valence-corrected chi connectivity index (χ2v) is 11.4. The van der Waals surface area contributed by atoms with Crippen molar-refractivity contribution in [3.63, 3.8) is 0 Å². The van der Waals surface area contributed by atoms with Gasteiger partial charge in [0.15, 0.2) is 0 Å². The molecule has 2 aliphatic rings. The number of benzene rings is 1. The number of nitrogens with zero attached hydrogens (tertiary/aromatic N) is 4. The van der Waals surface area contributed by atoms with Gasteiger partial charge in [-0.15, -0.1) is 0 Å². The molecule has 0 spiro atoms. The molecule has 3 aromatic rings. The molecule has 5 rings (SSSR count). The maximum atomic E-state index is 14.1. The highest BCUT2D eigenvalue weighted by Crippen LogP contribution is 2.31. The van der Waals surface area contributed by atoms with Gasteiger partial charge in [0.2, 0.25) is 0 Å². The third-order valence-corrected chi connectivity index (χ3v) is 7.78. The van der Waals surface area contributed by atoms with Crippen molar-refractivity contribution < 1.29 is 9.53 Å². The Morgan fingerprint density at radius 3 is 2.32 bits per heavy atom. The maximum absolute atomic E-state index is 14.1. The van der Waals surface area contributed by atoms with Crippen LogP contribution in [0.4, 0.5) is 0 Å². The zero-order valence-electron chi connectivity index (χ0n) is 22.5. The third-order valence-electron chi connectivity index (χ3n) is 7.78. The number of carbonyl (C=O) groups excluding carboxylic acids is 1. The summed E-state index contributed by atoms with van der Waals surface area (Å²) in [5.41, 5.74) is 5.21. The second-order valence-electron chi connectivity index (χ2n) is 11.4. The molecule has 1 aromatic carbocycles. The number of carbonyl (C=O) groups is 1. The molecule has 0 aliphatic carbocycles. The minimum absolute atomic E-state index is 0.109. The van der Waals surface area contributed by atoms with Crippen LogP contribution in [0.2, 0.25) is 0 Å². The minimum atomic E-state index is -0.109. The number of aromatic nitrogens is 2. The molecule has 6 heteroatoms. The first-order chi connectivity index (χ1) is 17.9. The Kier molecular flexibility index (Phi) is 7.77. The van der Waals surface area contributed by atoms with Crippen LogP contribution in [0.1, 0.15) is 66.6 Å². The lowest BCUT2D eigenvalue weighted by Crippen LogP contribution is -2.50. The standard InChI is InChI=1S/C31H40N4O2/c1-31(2,3)29-22-27(30(36)34-15-12-26(13-16-34)33-17-19-37-20-18-33)28(21-24-9-5-4-6-10-24)35(29)23-25-11-7-8-14-32-25/h4-11,14,22,26H,12-13,15-21,23H2,1-3H3. The van der Waals surface area contributed by atoms with Crippen LogP contribution >= 0.6 is 0 Å². The molecule has 2 saturated heterocycles. The second kappa shape index (κ2) is 11.2. The largest absolute Gasteiger partial charge is 0.379 e. The van der Waals surface area contributed by atoms with E-state index >= 15 is 0 Å². The van der Waals surface area contributed by atoms with Crippen molar-refractivity contribution >= 4 is 5.91 Å². The summed E-state index contributed by atoms with van der Waals surface area (Å²) in [6.07, 6.45) is 4.62. The number of rotatable bonds is 6. The first-order valence-corrected chi connectivity index (χ1v) is 13.7. The maximum Gasteiger partial charge on any atom is 0.255 e. The van der Waals surface area contributed by atoms with Crippen LogP contribution in [0.15, 0.2) is 60.8 Å². The molecule has 2 aromatic heterocycles. The van der Waals surface area contributed by atoms with Gasteiger partial charge in [0, 0.05) is 61.6 Å². The molecule has 2 aliphatic heterocycles. The van der Waals surface area contributed by atoms with Gasteiger partial charge in [-0.1, -0.05) is 57.2 Å². The SMILES string of the molecule is CC(C)(C)c1cc(C(=O)N2CCC(N3CCOCC3)CC2)c(Cc2ccccc2)n1Cc1ccccn1. The molecule has 0 radical (unpaired) electrons. The van der Waals surface area contributed by atoms with Crippen LogP contribution < -0.4 is 0 Å². The molecular weight excluding hydrogens is 460 g/mol. The van der Waals surface area contributed by atoms with E-state index < -0.39 is 0 Å². The molecule has 4 heterocycles. The summed E-state index contributed by atoms with van der Waals surface area (Å²) < 4.78 is 7.89. The Labute approximate surface area is 221 Å². The van der Waals surface area contributed by atoms with E-state index in [-0.39, 0.29) is 11.3 Å². The van der Waals surface area contributed by atoms with Crippen molar-refractivity contribution in [1.82, 2.24) is 19.4 Å². The van der Waals surface area contributed by atoms with Crippen molar-refractivity contribution in [1.29, 1.82) is 0 Å². The van der Waals surface area contributed by atoms with Gasteiger partial charge < -0.3 is 14.2 Å². The molecule has 0 atom stereocenters. The number of amides is 1. The zero-order chi connectivity index (χ0) is 25.8. The summed E-state index contributed by atoms with van der Waals surface area (Å²) in [4.78, 5) is 23.3. The topological polar surface area (TPSA) is 50.6 Å². The van der Waals surface area contributed by atoms with E-state index in [1.54, 1.807) is 0 Å². The van der Waals surface area contributed by atoms with Crippen molar-refractivity contribution in [3.05, 3.63) is 89.0 Å². The quantitative estimate of drug-likeness (QED) is 0.490. The van der Waals surface area contributed by atoms with E-state index in [0.717, 1.165) is 75.6 Å². The van der Waals surface area contributed by atoms with Crippen LogP contribution in [-0.4, -0.2) is 70.7 Å². The monoisotopic (exact) mass is 500 g/mol. The van der Waals surface area contributed by atoms with Gasteiger partial charge in [-0.25, -0.2) is 0 Å². The number of ether oxygens (including phenoxy) is 1. The zero-order valence-corrected chi connectivity index (χ0v) is 22.5. The van der Waals surface area contributed by atoms with Crippen LogP contribution in [0, 0.1) is 0 Å². The Bertz CT molecular complexity index is 1170. The average Bonchev–Trinajstić information content (AvgIpc) is 3.28. The number of likely N-dealkylation sites (tertiary alicyclic amines) is 1. The molecule has 37 heavy (non-hydrogen) atoms.